The summed E-state index contributed by atoms with van der Waals surface area (Å²) in [7, 11) is 1.58. The van der Waals surface area contributed by atoms with E-state index in [1.807, 2.05) is 19.9 Å². The van der Waals surface area contributed by atoms with E-state index in [4.69, 9.17) is 4.74 Å². The number of ether oxygens (including phenoxy) is 1. The minimum Gasteiger partial charge on any atom is -0.496 e. The molecule has 0 fully saturated rings. The molecule has 0 saturated carbocycles. The Morgan fingerprint density at radius 3 is 2.53 bits per heavy atom. The molecule has 0 aliphatic rings. The van der Waals surface area contributed by atoms with Crippen LogP contribution in [0.25, 0.3) is 0 Å². The van der Waals surface area contributed by atoms with Crippen molar-refractivity contribution in [3.63, 3.8) is 0 Å². The molecule has 0 unspecified atom stereocenters. The molecule has 0 aromatic heterocycles. The third-order valence-corrected chi connectivity index (χ3v) is 3.60. The van der Waals surface area contributed by atoms with Gasteiger partial charge in [0.05, 0.1) is 18.0 Å². The Balaban J connectivity index is 3.50. The van der Waals surface area contributed by atoms with E-state index in [2.05, 4.69) is 31.9 Å². The first-order chi connectivity index (χ1) is 7.02. The molecule has 0 spiro atoms. The highest BCUT2D eigenvalue weighted by Gasteiger charge is 2.18. The number of alkyl halides is 1. The van der Waals surface area contributed by atoms with Crippen LogP contribution in [0, 0.1) is 13.8 Å². The highest BCUT2D eigenvalue weighted by Crippen LogP contribution is 2.32. The van der Waals surface area contributed by atoms with Gasteiger partial charge in [-0.05, 0) is 31.0 Å². The van der Waals surface area contributed by atoms with E-state index in [-0.39, 0.29) is 5.78 Å². The van der Waals surface area contributed by atoms with Crippen LogP contribution < -0.4 is 4.74 Å². The van der Waals surface area contributed by atoms with Crippen LogP contribution in [-0.4, -0.2) is 18.2 Å². The number of aryl methyl sites for hydroxylation is 1. The van der Waals surface area contributed by atoms with Crippen LogP contribution in [0.3, 0.4) is 0 Å². The second kappa shape index (κ2) is 5.12. The third kappa shape index (κ3) is 2.42. The van der Waals surface area contributed by atoms with Gasteiger partial charge in [0, 0.05) is 4.47 Å². The minimum absolute atomic E-state index is 0.0359. The summed E-state index contributed by atoms with van der Waals surface area (Å²) in [5, 5.41) is 0.306. The molecule has 82 valence electrons. The highest BCUT2D eigenvalue weighted by atomic mass is 79.9. The lowest BCUT2D eigenvalue weighted by Gasteiger charge is -2.14. The first kappa shape index (κ1) is 12.7. The number of methoxy groups -OCH3 is 1. The quantitative estimate of drug-likeness (QED) is 0.622. The zero-order valence-corrected chi connectivity index (χ0v) is 12.0. The highest BCUT2D eigenvalue weighted by molar-refractivity contribution is 9.10. The molecule has 0 amide bonds. The van der Waals surface area contributed by atoms with Crippen molar-refractivity contribution >= 4 is 37.6 Å². The van der Waals surface area contributed by atoms with Gasteiger partial charge in [-0.15, -0.1) is 0 Å². The number of hydrogen-bond donors (Lipinski definition) is 0. The van der Waals surface area contributed by atoms with Gasteiger partial charge in [0.1, 0.15) is 5.75 Å². The molecule has 1 aromatic carbocycles. The van der Waals surface area contributed by atoms with E-state index in [0.29, 0.717) is 16.6 Å². The van der Waals surface area contributed by atoms with E-state index in [1.54, 1.807) is 7.11 Å². The molecule has 0 saturated heterocycles. The van der Waals surface area contributed by atoms with Crippen LogP contribution in [0.1, 0.15) is 21.5 Å². The molecule has 0 radical (unpaired) electrons. The van der Waals surface area contributed by atoms with Crippen LogP contribution in [-0.2, 0) is 0 Å². The number of carbonyl (C=O) groups is 1. The molecule has 0 atom stereocenters. The van der Waals surface area contributed by atoms with Gasteiger partial charge in [-0.25, -0.2) is 0 Å². The van der Waals surface area contributed by atoms with E-state index >= 15 is 0 Å². The molecule has 0 bridgehead atoms. The fraction of sp³-hybridized carbons (Fsp3) is 0.364. The number of benzene rings is 1. The predicted molar refractivity (Wildman–Crippen MR) is 68.3 cm³/mol. The zero-order chi connectivity index (χ0) is 11.6. The predicted octanol–water partition coefficient (Wildman–Crippen LogP) is 3.65. The van der Waals surface area contributed by atoms with E-state index in [0.717, 1.165) is 15.6 Å². The number of hydrogen-bond acceptors (Lipinski definition) is 2. The number of carbonyl (C=O) groups excluding carboxylic acids is 1. The number of rotatable bonds is 3. The molecule has 0 aliphatic heterocycles. The molecule has 2 nitrogen and oxygen atoms in total. The lowest BCUT2D eigenvalue weighted by atomic mass is 10.0. The van der Waals surface area contributed by atoms with Crippen molar-refractivity contribution in [1.29, 1.82) is 0 Å². The second-order valence-corrected chi connectivity index (χ2v) is 4.68. The standard InChI is InChI=1S/C11H12Br2O2/c1-6-4-8(13)7(2)10(9(14)5-12)11(6)15-3/h4H,5H2,1-3H3. The Hall–Kier alpha value is -0.350. The normalized spacial score (nSPS) is 10.2. The average Bonchev–Trinajstić information content (AvgIpc) is 2.21. The van der Waals surface area contributed by atoms with Gasteiger partial charge in [-0.2, -0.15) is 0 Å². The van der Waals surface area contributed by atoms with Gasteiger partial charge in [-0.1, -0.05) is 31.9 Å². The Bertz CT molecular complexity index is 400. The zero-order valence-electron chi connectivity index (χ0n) is 8.86. The molecule has 4 heteroatoms. The monoisotopic (exact) mass is 334 g/mol. The molecule has 0 N–H and O–H groups in total. The maximum atomic E-state index is 11.8. The smallest absolute Gasteiger partial charge is 0.177 e. The SMILES string of the molecule is COc1c(C)cc(Br)c(C)c1C(=O)CBr. The van der Waals surface area contributed by atoms with Crippen LogP contribution in [0.15, 0.2) is 10.5 Å². The lowest BCUT2D eigenvalue weighted by molar-refractivity contribution is 0.102. The molecular weight excluding hydrogens is 324 g/mol. The van der Waals surface area contributed by atoms with Crippen LogP contribution >= 0.6 is 31.9 Å². The minimum atomic E-state index is 0.0359. The number of halogens is 2. The fourth-order valence-electron chi connectivity index (χ4n) is 1.52. The molecule has 1 rings (SSSR count). The van der Waals surface area contributed by atoms with Crippen molar-refractivity contribution in [2.24, 2.45) is 0 Å². The maximum absolute atomic E-state index is 11.8. The average molecular weight is 336 g/mol. The van der Waals surface area contributed by atoms with Gasteiger partial charge < -0.3 is 4.74 Å². The first-order valence-corrected chi connectivity index (χ1v) is 6.37. The third-order valence-electron chi connectivity index (χ3n) is 2.27. The van der Waals surface area contributed by atoms with Crippen molar-refractivity contribution in [3.05, 3.63) is 27.2 Å². The maximum Gasteiger partial charge on any atom is 0.177 e. The van der Waals surface area contributed by atoms with Gasteiger partial charge in [0.15, 0.2) is 5.78 Å². The Labute approximate surface area is 106 Å². The fourth-order valence-corrected chi connectivity index (χ4v) is 2.34. The number of Topliss-reactive ketones (excluding diaryl/α,β-unsaturated/α-hetero) is 1. The van der Waals surface area contributed by atoms with E-state index in [9.17, 15) is 4.79 Å². The molecule has 0 heterocycles. The first-order valence-electron chi connectivity index (χ1n) is 4.45. The summed E-state index contributed by atoms with van der Waals surface area (Å²) in [5.74, 6) is 0.703. The van der Waals surface area contributed by atoms with Gasteiger partial charge in [0.25, 0.3) is 0 Å². The van der Waals surface area contributed by atoms with Gasteiger partial charge in [0.2, 0.25) is 0 Å². The van der Waals surface area contributed by atoms with Gasteiger partial charge >= 0.3 is 0 Å². The topological polar surface area (TPSA) is 26.3 Å². The summed E-state index contributed by atoms with van der Waals surface area (Å²) in [6.45, 7) is 3.83. The van der Waals surface area contributed by atoms with Crippen molar-refractivity contribution in [3.8, 4) is 5.75 Å². The molecule has 15 heavy (non-hydrogen) atoms. The van der Waals surface area contributed by atoms with Crippen LogP contribution in [0.5, 0.6) is 5.75 Å². The summed E-state index contributed by atoms with van der Waals surface area (Å²) in [6.07, 6.45) is 0. The molecular formula is C11H12Br2O2. The Kier molecular flexibility index (Phi) is 4.34. The van der Waals surface area contributed by atoms with E-state index < -0.39 is 0 Å². The Morgan fingerprint density at radius 2 is 2.07 bits per heavy atom. The number of ketones is 1. The lowest BCUT2D eigenvalue weighted by Crippen LogP contribution is -2.07. The van der Waals surface area contributed by atoms with Gasteiger partial charge in [-0.3, -0.25) is 4.79 Å². The van der Waals surface area contributed by atoms with E-state index in [1.165, 1.54) is 0 Å². The van der Waals surface area contributed by atoms with Crippen molar-refractivity contribution in [2.75, 3.05) is 12.4 Å². The molecule has 0 aliphatic carbocycles. The summed E-state index contributed by atoms with van der Waals surface area (Å²) in [6, 6.07) is 1.96. The van der Waals surface area contributed by atoms with Crippen LogP contribution in [0.2, 0.25) is 0 Å². The summed E-state index contributed by atoms with van der Waals surface area (Å²) in [4.78, 5) is 11.8. The second-order valence-electron chi connectivity index (χ2n) is 3.27. The van der Waals surface area contributed by atoms with Crippen molar-refractivity contribution in [2.45, 2.75) is 13.8 Å². The van der Waals surface area contributed by atoms with Crippen molar-refractivity contribution < 1.29 is 9.53 Å². The van der Waals surface area contributed by atoms with Crippen LogP contribution in [0.4, 0.5) is 0 Å². The summed E-state index contributed by atoms with van der Waals surface area (Å²) in [5.41, 5.74) is 2.53. The Morgan fingerprint density at radius 1 is 1.47 bits per heavy atom. The molecule has 1 aromatic rings. The largest absolute Gasteiger partial charge is 0.496 e. The summed E-state index contributed by atoms with van der Waals surface area (Å²) < 4.78 is 6.21. The summed E-state index contributed by atoms with van der Waals surface area (Å²) >= 11 is 6.61. The van der Waals surface area contributed by atoms with Crippen molar-refractivity contribution in [1.82, 2.24) is 0 Å².